The number of piperazine rings is 2. The van der Waals surface area contributed by atoms with E-state index in [1.54, 1.807) is 25.3 Å². The number of halogens is 2. The van der Waals surface area contributed by atoms with Crippen LogP contribution >= 0.6 is 0 Å². The van der Waals surface area contributed by atoms with Crippen LogP contribution in [0.4, 0.5) is 26.1 Å². The molecule has 0 amide bonds. The van der Waals surface area contributed by atoms with Crippen LogP contribution in [-0.4, -0.2) is 110 Å². The zero-order valence-corrected chi connectivity index (χ0v) is 42.4. The molecule has 0 radical (unpaired) electrons. The van der Waals surface area contributed by atoms with Crippen molar-refractivity contribution >= 4 is 50.6 Å². The first-order valence-corrected chi connectivity index (χ1v) is 28.5. The zero-order chi connectivity index (χ0) is 46.8. The van der Waals surface area contributed by atoms with Gasteiger partial charge in [-0.15, -0.1) is 5.10 Å². The minimum absolute atomic E-state index is 0.0156. The van der Waals surface area contributed by atoms with Gasteiger partial charge < -0.3 is 29.7 Å². The van der Waals surface area contributed by atoms with Crippen molar-refractivity contribution in [3.8, 4) is 11.8 Å². The fourth-order valence-electron chi connectivity index (χ4n) is 7.56. The molecule has 5 heterocycles. The van der Waals surface area contributed by atoms with E-state index >= 15 is 0 Å². The maximum absolute atomic E-state index is 15.0. The number of nitrogens with one attached hydrogen (secondary N) is 1. The van der Waals surface area contributed by atoms with Crippen molar-refractivity contribution in [2.24, 2.45) is 0 Å². The first-order valence-electron chi connectivity index (χ1n) is 22.7. The summed E-state index contributed by atoms with van der Waals surface area (Å²) in [4.78, 5) is 15.7. The SMILES string of the molecule is CC#Cc1nc2c3cnn(CCN4CCN(c5cc([C@H](C)O[Si](C)(C)C(C)(C)C)ccc5F)CC4)c3nc(N)n2n1.C[C@H](O[Si](C)(C)C(C)(C)C)c1ccc(F)c(N2CCNCC2)c1. The molecule has 2 aromatic carbocycles. The van der Waals surface area contributed by atoms with Gasteiger partial charge in [0.05, 0.1) is 41.7 Å². The van der Waals surface area contributed by atoms with Gasteiger partial charge >= 0.3 is 0 Å². The van der Waals surface area contributed by atoms with Crippen molar-refractivity contribution in [3.05, 3.63) is 71.2 Å². The van der Waals surface area contributed by atoms with Gasteiger partial charge in [0.15, 0.2) is 27.9 Å². The largest absolute Gasteiger partial charge is 0.410 e. The average molecular weight is 916 g/mol. The molecule has 2 aliphatic heterocycles. The third kappa shape index (κ3) is 11.1. The molecule has 0 unspecified atom stereocenters. The number of anilines is 3. The number of nitrogens with two attached hydrogens (primary N) is 1. The van der Waals surface area contributed by atoms with Crippen LogP contribution < -0.4 is 20.9 Å². The second-order valence-electron chi connectivity index (χ2n) is 20.1. The minimum Gasteiger partial charge on any atom is -0.410 e. The average Bonchev–Trinajstić information content (AvgIpc) is 3.84. The summed E-state index contributed by atoms with van der Waals surface area (Å²) in [5, 5.41) is 13.2. The molecular formula is C47H71F2N11O2Si2. The Hall–Kier alpha value is -4.45. The molecule has 5 aromatic rings. The van der Waals surface area contributed by atoms with Crippen molar-refractivity contribution in [3.63, 3.8) is 0 Å². The summed E-state index contributed by atoms with van der Waals surface area (Å²) in [6.07, 6.45) is 1.64. The van der Waals surface area contributed by atoms with Crippen molar-refractivity contribution in [2.45, 2.75) is 117 Å². The quantitative estimate of drug-likeness (QED) is 0.0976. The number of benzene rings is 2. The highest BCUT2D eigenvalue weighted by atomic mass is 28.4. The molecule has 0 aliphatic carbocycles. The lowest BCUT2D eigenvalue weighted by atomic mass is 10.1. The Bertz CT molecular complexity index is 2450. The predicted molar refractivity (Wildman–Crippen MR) is 261 cm³/mol. The summed E-state index contributed by atoms with van der Waals surface area (Å²) in [5.41, 5.74) is 10.9. The maximum atomic E-state index is 15.0. The summed E-state index contributed by atoms with van der Waals surface area (Å²) < 4.78 is 45.6. The number of hydrogen-bond donors (Lipinski definition) is 2. The van der Waals surface area contributed by atoms with Gasteiger partial charge in [-0.2, -0.15) is 19.6 Å². The molecule has 2 saturated heterocycles. The number of fused-ring (bicyclic) bond motifs is 3. The van der Waals surface area contributed by atoms with Crippen LogP contribution in [0.25, 0.3) is 16.7 Å². The van der Waals surface area contributed by atoms with Crippen LogP contribution in [0.3, 0.4) is 0 Å². The van der Waals surface area contributed by atoms with Gasteiger partial charge in [-0.3, -0.25) is 4.90 Å². The van der Waals surface area contributed by atoms with E-state index in [4.69, 9.17) is 14.6 Å². The number of rotatable bonds is 11. The highest BCUT2D eigenvalue weighted by Crippen LogP contribution is 2.41. The first kappa shape index (κ1) is 49.0. The maximum Gasteiger partial charge on any atom is 0.226 e. The molecule has 2 aliphatic rings. The van der Waals surface area contributed by atoms with Crippen LogP contribution in [0.1, 0.15) is 91.5 Å². The lowest BCUT2D eigenvalue weighted by molar-refractivity contribution is 0.202. The summed E-state index contributed by atoms with van der Waals surface area (Å²) in [6, 6.07) is 10.8. The molecule has 3 N–H and O–H groups in total. The summed E-state index contributed by atoms with van der Waals surface area (Å²) in [7, 11) is -3.78. The van der Waals surface area contributed by atoms with E-state index in [1.807, 2.05) is 28.9 Å². The Morgan fingerprint density at radius 2 is 1.27 bits per heavy atom. The lowest BCUT2D eigenvalue weighted by Crippen LogP contribution is -2.47. The van der Waals surface area contributed by atoms with Gasteiger partial charge in [-0.25, -0.2) is 13.5 Å². The highest BCUT2D eigenvalue weighted by molar-refractivity contribution is 6.74. The Morgan fingerprint density at radius 3 is 1.77 bits per heavy atom. The van der Waals surface area contributed by atoms with E-state index in [2.05, 4.69) is 134 Å². The van der Waals surface area contributed by atoms with Crippen LogP contribution in [0.15, 0.2) is 42.6 Å². The van der Waals surface area contributed by atoms with Crippen LogP contribution in [-0.2, 0) is 15.4 Å². The van der Waals surface area contributed by atoms with E-state index in [9.17, 15) is 8.78 Å². The third-order valence-corrected chi connectivity index (χ3v) is 22.7. The van der Waals surface area contributed by atoms with Crippen molar-refractivity contribution < 1.29 is 17.6 Å². The van der Waals surface area contributed by atoms with E-state index in [0.29, 0.717) is 35.0 Å². The van der Waals surface area contributed by atoms with E-state index in [-0.39, 0.29) is 39.9 Å². The van der Waals surface area contributed by atoms with Gasteiger partial charge in [0.2, 0.25) is 11.8 Å². The molecule has 17 heteroatoms. The monoisotopic (exact) mass is 916 g/mol. The van der Waals surface area contributed by atoms with Gasteiger partial charge in [0.25, 0.3) is 0 Å². The van der Waals surface area contributed by atoms with Crippen LogP contribution in [0.2, 0.25) is 36.3 Å². The fourth-order valence-corrected chi connectivity index (χ4v) is 10.3. The lowest BCUT2D eigenvalue weighted by Gasteiger charge is -2.39. The standard InChI is InChI=1S/C29H40FN9OSi.C18H31FN2OSi/c1-8-9-25-33-27-22-19-32-38(26(22)34-28(31)39(27)35-25)17-14-36-12-15-37(16-13-36)24-18-21(10-11-23(24)30)20(2)40-41(6,7)29(3,4)5;1-14(22-23(5,6)18(2,3)4)15-7-8-16(19)17(13-15)21-11-9-20-10-12-21/h10-11,18-20H,12-17H2,1-7H3,(H2,31,34);7-8,13-14,20H,9-12H2,1-6H3/t20-;14-/m00/s1. The molecule has 2 fully saturated rings. The van der Waals surface area contributed by atoms with Gasteiger partial charge in [0, 0.05) is 58.9 Å². The Balaban J connectivity index is 0.000000251. The second kappa shape index (κ2) is 19.6. The number of hydrogen-bond acceptors (Lipinski definition) is 11. The Labute approximate surface area is 381 Å². The van der Waals surface area contributed by atoms with Crippen molar-refractivity contribution in [1.82, 2.24) is 39.6 Å². The highest BCUT2D eigenvalue weighted by Gasteiger charge is 2.40. The van der Waals surface area contributed by atoms with Crippen LogP contribution in [0.5, 0.6) is 0 Å². The minimum atomic E-state index is -1.94. The second-order valence-corrected chi connectivity index (χ2v) is 29.7. The summed E-state index contributed by atoms with van der Waals surface area (Å²) in [5.74, 6) is 5.98. The molecule has 0 spiro atoms. The molecular weight excluding hydrogens is 845 g/mol. The molecule has 13 nitrogen and oxygen atoms in total. The normalized spacial score (nSPS) is 16.7. The molecule has 0 bridgehead atoms. The third-order valence-electron chi connectivity index (χ3n) is 13.6. The van der Waals surface area contributed by atoms with E-state index in [1.165, 1.54) is 4.52 Å². The number of nitrogens with zero attached hydrogens (tertiary/aromatic N) is 9. The van der Waals surface area contributed by atoms with Gasteiger partial charge in [-0.1, -0.05) is 59.6 Å². The van der Waals surface area contributed by atoms with Crippen molar-refractivity contribution in [2.75, 3.05) is 74.4 Å². The van der Waals surface area contributed by atoms with Gasteiger partial charge in [-0.05, 0) is 98.3 Å². The summed E-state index contributed by atoms with van der Waals surface area (Å²) in [6.45, 7) is 36.4. The Kier molecular flexibility index (Phi) is 15.0. The Morgan fingerprint density at radius 1 is 0.750 bits per heavy atom. The van der Waals surface area contributed by atoms with Crippen LogP contribution in [0, 0.1) is 23.5 Å². The molecule has 64 heavy (non-hydrogen) atoms. The first-order chi connectivity index (χ1) is 30.0. The van der Waals surface area contributed by atoms with E-state index in [0.717, 1.165) is 75.4 Å². The van der Waals surface area contributed by atoms with E-state index < -0.39 is 16.6 Å². The zero-order valence-electron chi connectivity index (χ0n) is 40.4. The number of aromatic nitrogens is 6. The van der Waals surface area contributed by atoms with Gasteiger partial charge in [0.1, 0.15) is 11.6 Å². The predicted octanol–water partition coefficient (Wildman–Crippen LogP) is 8.79. The fraction of sp³-hybridized carbons (Fsp3) is 0.574. The molecule has 348 valence electrons. The summed E-state index contributed by atoms with van der Waals surface area (Å²) >= 11 is 0. The number of nitrogen functional groups attached to an aromatic ring is 1. The smallest absolute Gasteiger partial charge is 0.226 e. The molecule has 7 rings (SSSR count). The molecule has 3 aromatic heterocycles. The molecule has 2 atom stereocenters. The molecule has 0 saturated carbocycles. The van der Waals surface area contributed by atoms with Crippen molar-refractivity contribution in [1.29, 1.82) is 0 Å². The topological polar surface area (TPSA) is 127 Å².